The lowest BCUT2D eigenvalue weighted by molar-refractivity contribution is -0.124. The molecule has 0 saturated heterocycles. The number of nitrogens with zero attached hydrogens (tertiary/aromatic N) is 4. The molecule has 41 heavy (non-hydrogen) atoms. The van der Waals surface area contributed by atoms with Gasteiger partial charge >= 0.3 is 0 Å². The second kappa shape index (κ2) is 9.66. The van der Waals surface area contributed by atoms with E-state index in [1.165, 1.54) is 0 Å². The molecule has 11 heteroatoms. The highest BCUT2D eigenvalue weighted by Crippen LogP contribution is 2.58. The molecule has 5 aliphatic rings. The van der Waals surface area contributed by atoms with E-state index in [9.17, 15) is 22.4 Å². The number of hydrogen-bond donors (Lipinski definition) is 0. The number of alkyl halides is 4. The van der Waals surface area contributed by atoms with Gasteiger partial charge in [0, 0.05) is 47.9 Å². The first-order valence-electron chi connectivity index (χ1n) is 14.5. The fourth-order valence-electron chi connectivity index (χ4n) is 7.12. The molecule has 1 unspecified atom stereocenters. The molecule has 0 spiro atoms. The number of rotatable bonds is 8. The third-order valence-corrected chi connectivity index (χ3v) is 9.90. The van der Waals surface area contributed by atoms with E-state index in [4.69, 9.17) is 13.9 Å². The van der Waals surface area contributed by atoms with Crippen LogP contribution in [0.15, 0.2) is 39.5 Å². The molecule has 5 fully saturated rings. The van der Waals surface area contributed by atoms with Crippen LogP contribution in [0.1, 0.15) is 100 Å². The van der Waals surface area contributed by atoms with Gasteiger partial charge in [0.05, 0.1) is 0 Å². The highest BCUT2D eigenvalue weighted by molar-refractivity contribution is 5.96. The van der Waals surface area contributed by atoms with Crippen LogP contribution >= 0.6 is 0 Å². The van der Waals surface area contributed by atoms with E-state index >= 15 is 0 Å². The van der Waals surface area contributed by atoms with Gasteiger partial charge in [-0.05, 0) is 81.4 Å². The second-order valence-corrected chi connectivity index (χ2v) is 12.7. The summed E-state index contributed by atoms with van der Waals surface area (Å²) >= 11 is 0. The fraction of sp³-hybridized carbons (Fsp3) is 0.600. The zero-order valence-electron chi connectivity index (χ0n) is 22.6. The SMILES string of the molecule is O=C(C1CCC(F)(F)C1)N(CC12CCC(c3nc(C4CC4)no3)(CC1)CC2)c1cccc(-c2nc(C(F)F)co2)c1. The van der Waals surface area contributed by atoms with Crippen molar-refractivity contribution in [3.8, 4) is 11.5 Å². The maximum absolute atomic E-state index is 14.2. The molecule has 1 amide bonds. The Labute approximate surface area is 234 Å². The molecule has 7 nitrogen and oxygen atoms in total. The molecule has 2 bridgehead atoms. The molecule has 5 saturated carbocycles. The Bertz CT molecular complexity index is 1420. The summed E-state index contributed by atoms with van der Waals surface area (Å²) in [4.78, 5) is 24.2. The van der Waals surface area contributed by atoms with Crippen molar-refractivity contribution in [3.63, 3.8) is 0 Å². The summed E-state index contributed by atoms with van der Waals surface area (Å²) in [5.41, 5.74) is 0.193. The summed E-state index contributed by atoms with van der Waals surface area (Å²) in [7, 11) is 0. The zero-order chi connectivity index (χ0) is 28.4. The summed E-state index contributed by atoms with van der Waals surface area (Å²) < 4.78 is 65.6. The van der Waals surface area contributed by atoms with E-state index in [1.54, 1.807) is 29.2 Å². The van der Waals surface area contributed by atoms with Crippen LogP contribution in [0, 0.1) is 11.3 Å². The van der Waals surface area contributed by atoms with Gasteiger partial charge < -0.3 is 13.8 Å². The predicted molar refractivity (Wildman–Crippen MR) is 140 cm³/mol. The number of carbonyl (C=O) groups excluding carboxylic acids is 1. The monoisotopic (exact) mass is 572 g/mol. The lowest BCUT2D eigenvalue weighted by Crippen LogP contribution is -2.51. The Kier molecular flexibility index (Phi) is 6.28. The number of amides is 1. The van der Waals surface area contributed by atoms with E-state index < -0.39 is 30.4 Å². The van der Waals surface area contributed by atoms with Crippen LogP contribution in [-0.4, -0.2) is 33.5 Å². The van der Waals surface area contributed by atoms with Crippen LogP contribution in [0.3, 0.4) is 0 Å². The summed E-state index contributed by atoms with van der Waals surface area (Å²) in [5, 5.41) is 4.24. The highest BCUT2D eigenvalue weighted by Gasteiger charge is 2.54. The van der Waals surface area contributed by atoms with E-state index in [0.717, 1.165) is 69.3 Å². The fourth-order valence-corrected chi connectivity index (χ4v) is 7.12. The number of hydrogen-bond acceptors (Lipinski definition) is 6. The molecule has 218 valence electrons. The van der Waals surface area contributed by atoms with Crippen molar-refractivity contribution in [2.24, 2.45) is 11.3 Å². The van der Waals surface area contributed by atoms with Crippen LogP contribution in [0.25, 0.3) is 11.5 Å². The molecule has 1 aromatic carbocycles. The Balaban J connectivity index is 1.15. The minimum Gasteiger partial charge on any atom is -0.444 e. The Morgan fingerprint density at radius 3 is 2.41 bits per heavy atom. The van der Waals surface area contributed by atoms with Crippen molar-refractivity contribution in [2.45, 2.75) is 94.3 Å². The summed E-state index contributed by atoms with van der Waals surface area (Å²) in [6, 6.07) is 6.81. The number of carbonyl (C=O) groups is 1. The van der Waals surface area contributed by atoms with Crippen molar-refractivity contribution in [1.82, 2.24) is 15.1 Å². The minimum atomic E-state index is -2.85. The van der Waals surface area contributed by atoms with Gasteiger partial charge in [-0.15, -0.1) is 0 Å². The largest absolute Gasteiger partial charge is 0.444 e. The van der Waals surface area contributed by atoms with Crippen molar-refractivity contribution in [3.05, 3.63) is 47.9 Å². The molecule has 1 atom stereocenters. The second-order valence-electron chi connectivity index (χ2n) is 12.7. The molecule has 0 aliphatic heterocycles. The Morgan fingerprint density at radius 2 is 1.78 bits per heavy atom. The molecule has 5 aliphatic carbocycles. The third-order valence-electron chi connectivity index (χ3n) is 9.90. The number of aromatic nitrogens is 3. The summed E-state index contributed by atoms with van der Waals surface area (Å²) in [5.74, 6) is -1.96. The molecule has 8 rings (SSSR count). The average molecular weight is 573 g/mol. The van der Waals surface area contributed by atoms with Crippen LogP contribution in [-0.2, 0) is 10.2 Å². The number of anilines is 1. The van der Waals surface area contributed by atoms with Crippen molar-refractivity contribution < 1.29 is 31.3 Å². The van der Waals surface area contributed by atoms with Crippen molar-refractivity contribution in [1.29, 1.82) is 0 Å². The molecule has 0 radical (unpaired) electrons. The average Bonchev–Trinajstić information content (AvgIpc) is 3.35. The topological polar surface area (TPSA) is 85.3 Å². The predicted octanol–water partition coefficient (Wildman–Crippen LogP) is 7.60. The molecular formula is C30H32F4N4O3. The highest BCUT2D eigenvalue weighted by atomic mass is 19.3. The first-order chi connectivity index (χ1) is 19.6. The third kappa shape index (κ3) is 4.95. The van der Waals surface area contributed by atoms with E-state index in [2.05, 4.69) is 10.1 Å². The minimum absolute atomic E-state index is 0.0188. The van der Waals surface area contributed by atoms with Crippen LogP contribution in [0.5, 0.6) is 0 Å². The van der Waals surface area contributed by atoms with Gasteiger partial charge in [-0.2, -0.15) is 4.98 Å². The molecular weight excluding hydrogens is 540 g/mol. The standard InChI is InChI=1S/C30H32F4N4O3/c31-23(32)22-16-40-25(35-22)19-2-1-3-21(14-19)38(26(39)20-6-7-30(33,34)15-20)17-28-8-11-29(12-9-28,13-10-28)27-36-24(37-41-27)18-4-5-18/h1-3,14,16,18,20,23H,4-13,15,17H2. The smallest absolute Gasteiger partial charge is 0.283 e. The molecule has 3 aromatic rings. The van der Waals surface area contributed by atoms with Gasteiger partial charge in [-0.1, -0.05) is 11.2 Å². The normalized spacial score (nSPS) is 28.9. The number of benzene rings is 1. The zero-order valence-corrected chi connectivity index (χ0v) is 22.6. The van der Waals surface area contributed by atoms with Gasteiger partial charge in [-0.3, -0.25) is 4.79 Å². The van der Waals surface area contributed by atoms with Gasteiger partial charge in [-0.25, -0.2) is 22.5 Å². The number of fused-ring (bicyclic) bond motifs is 3. The summed E-state index contributed by atoms with van der Waals surface area (Å²) in [6.07, 6.45) is 4.92. The van der Waals surface area contributed by atoms with Crippen molar-refractivity contribution in [2.75, 3.05) is 11.4 Å². The Hall–Kier alpha value is -3.24. The number of halogens is 4. The van der Waals surface area contributed by atoms with Gasteiger partial charge in [0.15, 0.2) is 5.82 Å². The van der Waals surface area contributed by atoms with Gasteiger partial charge in [0.1, 0.15) is 12.0 Å². The molecule has 2 aromatic heterocycles. The van der Waals surface area contributed by atoms with Crippen molar-refractivity contribution >= 4 is 11.6 Å². The van der Waals surface area contributed by atoms with Crippen LogP contribution in [0.4, 0.5) is 23.2 Å². The first-order valence-corrected chi connectivity index (χ1v) is 14.5. The first kappa shape index (κ1) is 26.6. The maximum Gasteiger partial charge on any atom is 0.283 e. The van der Waals surface area contributed by atoms with Crippen LogP contribution < -0.4 is 4.90 Å². The van der Waals surface area contributed by atoms with E-state index in [1.807, 2.05) is 0 Å². The van der Waals surface area contributed by atoms with Gasteiger partial charge in [0.25, 0.3) is 6.43 Å². The lowest BCUT2D eigenvalue weighted by Gasteiger charge is -2.53. The van der Waals surface area contributed by atoms with E-state index in [-0.39, 0.29) is 35.5 Å². The molecule has 0 N–H and O–H groups in total. The summed E-state index contributed by atoms with van der Waals surface area (Å²) in [6.45, 7) is 0.401. The van der Waals surface area contributed by atoms with E-state index in [0.29, 0.717) is 23.7 Å². The van der Waals surface area contributed by atoms with Gasteiger partial charge in [0.2, 0.25) is 23.6 Å². The lowest BCUT2D eigenvalue weighted by atomic mass is 9.53. The maximum atomic E-state index is 14.2. The van der Waals surface area contributed by atoms with Crippen LogP contribution in [0.2, 0.25) is 0 Å². The quantitative estimate of drug-likeness (QED) is 0.259. The number of oxazole rings is 1. The molecule has 2 heterocycles. The Morgan fingerprint density at radius 1 is 1.02 bits per heavy atom.